The van der Waals surface area contributed by atoms with Gasteiger partial charge in [0.05, 0.1) is 0 Å². The standard InChI is InChI=1S/C10H23NO/c1-4-7-9(8-5-2)10(11)12-6-3/h9-10H,4-8,11H2,1-3H3. The molecule has 74 valence electrons. The Morgan fingerprint density at radius 2 is 1.58 bits per heavy atom. The lowest BCUT2D eigenvalue weighted by molar-refractivity contribution is 0.0180. The van der Waals surface area contributed by atoms with Crippen LogP contribution in [-0.4, -0.2) is 12.8 Å². The Morgan fingerprint density at radius 1 is 1.08 bits per heavy atom. The second kappa shape index (κ2) is 7.56. The van der Waals surface area contributed by atoms with Gasteiger partial charge in [-0.1, -0.05) is 26.7 Å². The average Bonchev–Trinajstić information content (AvgIpc) is 2.04. The van der Waals surface area contributed by atoms with Crippen LogP contribution < -0.4 is 5.73 Å². The minimum absolute atomic E-state index is 0.0464. The third-order valence-corrected chi connectivity index (χ3v) is 2.14. The van der Waals surface area contributed by atoms with Gasteiger partial charge in [0.15, 0.2) is 0 Å². The van der Waals surface area contributed by atoms with Crippen LogP contribution in [0.5, 0.6) is 0 Å². The first-order valence-corrected chi connectivity index (χ1v) is 5.13. The minimum Gasteiger partial charge on any atom is -0.364 e. The molecule has 0 aromatic rings. The van der Waals surface area contributed by atoms with Crippen LogP contribution in [0.15, 0.2) is 0 Å². The van der Waals surface area contributed by atoms with Gasteiger partial charge in [0.25, 0.3) is 0 Å². The maximum Gasteiger partial charge on any atom is 0.108 e. The lowest BCUT2D eigenvalue weighted by atomic mass is 9.97. The maximum atomic E-state index is 5.88. The van der Waals surface area contributed by atoms with Gasteiger partial charge in [-0.25, -0.2) is 0 Å². The van der Waals surface area contributed by atoms with Gasteiger partial charge in [-0.15, -0.1) is 0 Å². The van der Waals surface area contributed by atoms with Crippen molar-refractivity contribution in [3.05, 3.63) is 0 Å². The molecule has 0 rings (SSSR count). The van der Waals surface area contributed by atoms with Gasteiger partial charge >= 0.3 is 0 Å². The van der Waals surface area contributed by atoms with Crippen molar-refractivity contribution in [2.24, 2.45) is 11.7 Å². The summed E-state index contributed by atoms with van der Waals surface area (Å²) in [4.78, 5) is 0. The van der Waals surface area contributed by atoms with Crippen LogP contribution in [0, 0.1) is 5.92 Å². The van der Waals surface area contributed by atoms with Crippen molar-refractivity contribution in [2.75, 3.05) is 6.61 Å². The van der Waals surface area contributed by atoms with E-state index in [9.17, 15) is 0 Å². The van der Waals surface area contributed by atoms with E-state index in [1.807, 2.05) is 6.92 Å². The molecule has 0 aliphatic rings. The molecule has 1 unspecified atom stereocenters. The van der Waals surface area contributed by atoms with Crippen molar-refractivity contribution in [1.82, 2.24) is 0 Å². The monoisotopic (exact) mass is 173 g/mol. The van der Waals surface area contributed by atoms with Crippen LogP contribution in [0.2, 0.25) is 0 Å². The van der Waals surface area contributed by atoms with E-state index in [2.05, 4.69) is 13.8 Å². The Morgan fingerprint density at radius 3 is 1.92 bits per heavy atom. The fraction of sp³-hybridized carbons (Fsp3) is 1.00. The fourth-order valence-electron chi connectivity index (χ4n) is 1.54. The lowest BCUT2D eigenvalue weighted by Gasteiger charge is -2.22. The number of hydrogen-bond acceptors (Lipinski definition) is 2. The molecule has 0 amide bonds. The van der Waals surface area contributed by atoms with Crippen molar-refractivity contribution >= 4 is 0 Å². The summed E-state index contributed by atoms with van der Waals surface area (Å²) in [7, 11) is 0. The highest BCUT2D eigenvalue weighted by atomic mass is 16.5. The molecule has 0 saturated heterocycles. The van der Waals surface area contributed by atoms with Gasteiger partial charge in [-0.3, -0.25) is 0 Å². The molecule has 0 aromatic carbocycles. The maximum absolute atomic E-state index is 5.88. The predicted octanol–water partition coefficient (Wildman–Crippen LogP) is 2.52. The molecule has 0 heterocycles. The molecule has 0 fully saturated rings. The minimum atomic E-state index is -0.0464. The summed E-state index contributed by atoms with van der Waals surface area (Å²) >= 11 is 0. The van der Waals surface area contributed by atoms with Crippen LogP contribution in [-0.2, 0) is 4.74 Å². The normalized spacial score (nSPS) is 13.8. The first kappa shape index (κ1) is 11.9. The largest absolute Gasteiger partial charge is 0.364 e. The molecule has 0 aromatic heterocycles. The molecule has 0 aliphatic carbocycles. The number of hydrogen-bond donors (Lipinski definition) is 1. The van der Waals surface area contributed by atoms with E-state index in [0.717, 1.165) is 6.61 Å². The van der Waals surface area contributed by atoms with Crippen LogP contribution in [0.4, 0.5) is 0 Å². The smallest absolute Gasteiger partial charge is 0.108 e. The highest BCUT2D eigenvalue weighted by Gasteiger charge is 2.15. The first-order chi connectivity index (χ1) is 5.76. The molecule has 0 spiro atoms. The molecule has 0 radical (unpaired) electrons. The average molecular weight is 173 g/mol. The topological polar surface area (TPSA) is 35.2 Å². The van der Waals surface area contributed by atoms with Gasteiger partial charge in [0.1, 0.15) is 6.23 Å². The van der Waals surface area contributed by atoms with Crippen molar-refractivity contribution in [3.8, 4) is 0 Å². The summed E-state index contributed by atoms with van der Waals surface area (Å²) in [6.07, 6.45) is 4.73. The SMILES string of the molecule is CCCC(CCC)C(N)OCC. The Bertz CT molecular complexity index is 89.8. The Kier molecular flexibility index (Phi) is 7.51. The van der Waals surface area contributed by atoms with Crippen molar-refractivity contribution < 1.29 is 4.74 Å². The zero-order valence-corrected chi connectivity index (χ0v) is 8.68. The Labute approximate surface area is 76.5 Å². The summed E-state index contributed by atoms with van der Waals surface area (Å²) < 4.78 is 5.39. The summed E-state index contributed by atoms with van der Waals surface area (Å²) in [6.45, 7) is 7.11. The number of rotatable bonds is 7. The van der Waals surface area contributed by atoms with Gasteiger partial charge in [0.2, 0.25) is 0 Å². The molecular formula is C10H23NO. The van der Waals surface area contributed by atoms with Crippen molar-refractivity contribution in [2.45, 2.75) is 52.7 Å². The Hall–Kier alpha value is -0.0800. The van der Waals surface area contributed by atoms with E-state index in [0.29, 0.717) is 5.92 Å². The van der Waals surface area contributed by atoms with Crippen LogP contribution in [0.1, 0.15) is 46.5 Å². The quantitative estimate of drug-likeness (QED) is 0.600. The zero-order chi connectivity index (χ0) is 9.40. The molecule has 2 heteroatoms. The highest BCUT2D eigenvalue weighted by molar-refractivity contribution is 4.64. The molecule has 0 bridgehead atoms. The molecule has 0 aliphatic heterocycles. The van der Waals surface area contributed by atoms with Crippen LogP contribution >= 0.6 is 0 Å². The van der Waals surface area contributed by atoms with E-state index in [4.69, 9.17) is 10.5 Å². The fourth-order valence-corrected chi connectivity index (χ4v) is 1.54. The van der Waals surface area contributed by atoms with E-state index < -0.39 is 0 Å². The van der Waals surface area contributed by atoms with Crippen molar-refractivity contribution in [3.63, 3.8) is 0 Å². The lowest BCUT2D eigenvalue weighted by Crippen LogP contribution is -2.32. The van der Waals surface area contributed by atoms with E-state index in [1.54, 1.807) is 0 Å². The number of ether oxygens (including phenoxy) is 1. The van der Waals surface area contributed by atoms with Crippen LogP contribution in [0.3, 0.4) is 0 Å². The molecule has 12 heavy (non-hydrogen) atoms. The van der Waals surface area contributed by atoms with Gasteiger partial charge in [0, 0.05) is 6.61 Å². The summed E-state index contributed by atoms with van der Waals surface area (Å²) in [5, 5.41) is 0. The molecule has 0 saturated carbocycles. The molecule has 1 atom stereocenters. The molecule has 2 N–H and O–H groups in total. The second-order valence-corrected chi connectivity index (χ2v) is 3.26. The van der Waals surface area contributed by atoms with Gasteiger partial charge in [-0.05, 0) is 25.7 Å². The second-order valence-electron chi connectivity index (χ2n) is 3.26. The van der Waals surface area contributed by atoms with Gasteiger partial charge in [-0.2, -0.15) is 0 Å². The number of nitrogens with two attached hydrogens (primary N) is 1. The van der Waals surface area contributed by atoms with Crippen LogP contribution in [0.25, 0.3) is 0 Å². The predicted molar refractivity (Wildman–Crippen MR) is 52.9 cm³/mol. The third kappa shape index (κ3) is 4.73. The first-order valence-electron chi connectivity index (χ1n) is 5.13. The van der Waals surface area contributed by atoms with Gasteiger partial charge < -0.3 is 10.5 Å². The van der Waals surface area contributed by atoms with E-state index in [1.165, 1.54) is 25.7 Å². The Balaban J connectivity index is 3.72. The summed E-state index contributed by atoms with van der Waals surface area (Å²) in [6, 6.07) is 0. The molecule has 2 nitrogen and oxygen atoms in total. The summed E-state index contributed by atoms with van der Waals surface area (Å²) in [5.41, 5.74) is 5.88. The highest BCUT2D eigenvalue weighted by Crippen LogP contribution is 2.17. The zero-order valence-electron chi connectivity index (χ0n) is 8.68. The third-order valence-electron chi connectivity index (χ3n) is 2.14. The van der Waals surface area contributed by atoms with E-state index in [-0.39, 0.29) is 6.23 Å². The molecular weight excluding hydrogens is 150 g/mol. The van der Waals surface area contributed by atoms with Crippen molar-refractivity contribution in [1.29, 1.82) is 0 Å². The summed E-state index contributed by atoms with van der Waals surface area (Å²) in [5.74, 6) is 0.556. The van der Waals surface area contributed by atoms with E-state index >= 15 is 0 Å².